The Morgan fingerprint density at radius 2 is 1.95 bits per heavy atom. The molecule has 1 atom stereocenters. The van der Waals surface area contributed by atoms with Crippen LogP contribution in [0.2, 0.25) is 0 Å². The van der Waals surface area contributed by atoms with Crippen LogP contribution in [-0.2, 0) is 0 Å². The highest BCUT2D eigenvalue weighted by atomic mass is 32.2. The van der Waals surface area contributed by atoms with Gasteiger partial charge in [0.25, 0.3) is 0 Å². The van der Waals surface area contributed by atoms with Gasteiger partial charge < -0.3 is 10.1 Å². The fourth-order valence-electron chi connectivity index (χ4n) is 2.00. The van der Waals surface area contributed by atoms with E-state index in [1.54, 1.807) is 24.9 Å². The first kappa shape index (κ1) is 14.9. The Kier molecular flexibility index (Phi) is 5.44. The number of hydrogen-bond donors (Lipinski definition) is 1. The monoisotopic (exact) mass is 291 g/mol. The van der Waals surface area contributed by atoms with Gasteiger partial charge in [0.05, 0.1) is 7.11 Å². The molecule has 0 spiro atoms. The molecule has 0 aromatic heterocycles. The van der Waals surface area contributed by atoms with E-state index in [4.69, 9.17) is 4.74 Å². The lowest BCUT2D eigenvalue weighted by atomic mass is 10.1. The van der Waals surface area contributed by atoms with Gasteiger partial charge >= 0.3 is 0 Å². The highest BCUT2D eigenvalue weighted by Gasteiger charge is 2.15. The van der Waals surface area contributed by atoms with Gasteiger partial charge in [-0.3, -0.25) is 0 Å². The third-order valence-corrected chi connectivity index (χ3v) is 4.18. The topological polar surface area (TPSA) is 21.3 Å². The van der Waals surface area contributed by atoms with Crippen LogP contribution in [0.3, 0.4) is 0 Å². The van der Waals surface area contributed by atoms with Crippen LogP contribution in [0.15, 0.2) is 53.4 Å². The molecule has 0 aliphatic carbocycles. The summed E-state index contributed by atoms with van der Waals surface area (Å²) in [6, 6.07) is 14.8. The SMILES string of the molecule is CNC(CSc1ccccc1)c1cc(F)ccc1OC. The van der Waals surface area contributed by atoms with Gasteiger partial charge in [0, 0.05) is 22.3 Å². The minimum atomic E-state index is -0.245. The predicted octanol–water partition coefficient (Wildman–Crippen LogP) is 3.89. The van der Waals surface area contributed by atoms with E-state index in [1.807, 2.05) is 25.2 Å². The fourth-order valence-corrected chi connectivity index (χ4v) is 3.06. The van der Waals surface area contributed by atoms with E-state index < -0.39 is 0 Å². The number of benzene rings is 2. The van der Waals surface area contributed by atoms with Gasteiger partial charge in [0.1, 0.15) is 11.6 Å². The number of hydrogen-bond acceptors (Lipinski definition) is 3. The number of rotatable bonds is 6. The van der Waals surface area contributed by atoms with Crippen molar-refractivity contribution in [1.29, 1.82) is 0 Å². The summed E-state index contributed by atoms with van der Waals surface area (Å²) in [5, 5.41) is 3.22. The Labute approximate surface area is 123 Å². The lowest BCUT2D eigenvalue weighted by Gasteiger charge is -2.19. The Morgan fingerprint density at radius 1 is 1.20 bits per heavy atom. The Morgan fingerprint density at radius 3 is 2.60 bits per heavy atom. The zero-order chi connectivity index (χ0) is 14.4. The van der Waals surface area contributed by atoms with Crippen LogP contribution >= 0.6 is 11.8 Å². The van der Waals surface area contributed by atoms with Crippen molar-refractivity contribution in [2.24, 2.45) is 0 Å². The lowest BCUT2D eigenvalue weighted by Crippen LogP contribution is -2.19. The minimum absolute atomic E-state index is 0.0332. The van der Waals surface area contributed by atoms with E-state index in [0.717, 1.165) is 11.3 Å². The molecule has 20 heavy (non-hydrogen) atoms. The van der Waals surface area contributed by atoms with E-state index in [0.29, 0.717) is 5.75 Å². The summed E-state index contributed by atoms with van der Waals surface area (Å²) >= 11 is 1.73. The van der Waals surface area contributed by atoms with E-state index >= 15 is 0 Å². The van der Waals surface area contributed by atoms with Crippen LogP contribution in [0.5, 0.6) is 5.75 Å². The molecular weight excluding hydrogens is 273 g/mol. The molecule has 2 nitrogen and oxygen atoms in total. The van der Waals surface area contributed by atoms with E-state index in [9.17, 15) is 4.39 Å². The van der Waals surface area contributed by atoms with Gasteiger partial charge in [-0.15, -0.1) is 11.8 Å². The number of nitrogens with one attached hydrogen (secondary N) is 1. The smallest absolute Gasteiger partial charge is 0.123 e. The first-order valence-electron chi connectivity index (χ1n) is 6.43. The van der Waals surface area contributed by atoms with Crippen molar-refractivity contribution in [3.63, 3.8) is 0 Å². The third-order valence-electron chi connectivity index (χ3n) is 3.08. The Balaban J connectivity index is 2.14. The molecule has 2 aromatic carbocycles. The second-order valence-corrected chi connectivity index (χ2v) is 5.45. The summed E-state index contributed by atoms with van der Waals surface area (Å²) in [7, 11) is 3.48. The predicted molar refractivity (Wildman–Crippen MR) is 81.9 cm³/mol. The number of ether oxygens (including phenoxy) is 1. The van der Waals surface area contributed by atoms with Gasteiger partial charge in [-0.25, -0.2) is 4.39 Å². The van der Waals surface area contributed by atoms with Gasteiger partial charge in [0.15, 0.2) is 0 Å². The summed E-state index contributed by atoms with van der Waals surface area (Å²) in [4.78, 5) is 1.20. The van der Waals surface area contributed by atoms with E-state index in [-0.39, 0.29) is 11.9 Å². The van der Waals surface area contributed by atoms with Crippen molar-refractivity contribution in [2.45, 2.75) is 10.9 Å². The molecule has 0 fully saturated rings. The number of methoxy groups -OCH3 is 1. The molecule has 1 unspecified atom stereocenters. The fraction of sp³-hybridized carbons (Fsp3) is 0.250. The molecule has 0 aliphatic heterocycles. The van der Waals surface area contributed by atoms with Crippen LogP contribution in [0.25, 0.3) is 0 Å². The normalized spacial score (nSPS) is 12.2. The van der Waals surface area contributed by atoms with Crippen LogP contribution < -0.4 is 10.1 Å². The highest BCUT2D eigenvalue weighted by Crippen LogP contribution is 2.30. The highest BCUT2D eigenvalue weighted by molar-refractivity contribution is 7.99. The Hall–Kier alpha value is -1.52. The average Bonchev–Trinajstić information content (AvgIpc) is 2.49. The Bertz CT molecular complexity index is 547. The molecule has 2 rings (SSSR count). The largest absolute Gasteiger partial charge is 0.496 e. The van der Waals surface area contributed by atoms with E-state index in [1.165, 1.54) is 17.0 Å². The average molecular weight is 291 g/mol. The minimum Gasteiger partial charge on any atom is -0.496 e. The molecule has 0 radical (unpaired) electrons. The van der Waals surface area contributed by atoms with Crippen molar-refractivity contribution in [3.05, 3.63) is 59.9 Å². The zero-order valence-corrected chi connectivity index (χ0v) is 12.4. The van der Waals surface area contributed by atoms with Crippen molar-refractivity contribution in [2.75, 3.05) is 19.9 Å². The van der Waals surface area contributed by atoms with Crippen molar-refractivity contribution in [1.82, 2.24) is 5.32 Å². The summed E-state index contributed by atoms with van der Waals surface area (Å²) in [5.41, 5.74) is 0.846. The van der Waals surface area contributed by atoms with Crippen LogP contribution in [0, 0.1) is 5.82 Å². The maximum Gasteiger partial charge on any atom is 0.123 e. The molecule has 0 saturated heterocycles. The number of halogens is 1. The van der Waals surface area contributed by atoms with Crippen LogP contribution in [-0.4, -0.2) is 19.9 Å². The van der Waals surface area contributed by atoms with Gasteiger partial charge in [-0.05, 0) is 37.4 Å². The molecule has 0 saturated carbocycles. The summed E-state index contributed by atoms with van der Waals surface area (Å²) in [6.45, 7) is 0. The first-order valence-corrected chi connectivity index (χ1v) is 7.41. The maximum atomic E-state index is 13.5. The maximum absolute atomic E-state index is 13.5. The van der Waals surface area contributed by atoms with E-state index in [2.05, 4.69) is 17.4 Å². The summed E-state index contributed by atoms with van der Waals surface area (Å²) in [5.74, 6) is 1.27. The zero-order valence-electron chi connectivity index (χ0n) is 11.6. The molecule has 106 valence electrons. The van der Waals surface area contributed by atoms with Crippen molar-refractivity contribution < 1.29 is 9.13 Å². The summed E-state index contributed by atoms with van der Waals surface area (Å²) < 4.78 is 18.8. The van der Waals surface area contributed by atoms with Gasteiger partial charge in [0.2, 0.25) is 0 Å². The lowest BCUT2D eigenvalue weighted by molar-refractivity contribution is 0.402. The molecule has 0 bridgehead atoms. The van der Waals surface area contributed by atoms with Gasteiger partial charge in [-0.2, -0.15) is 0 Å². The molecule has 4 heteroatoms. The summed E-state index contributed by atoms with van der Waals surface area (Å²) in [6.07, 6.45) is 0. The second-order valence-electron chi connectivity index (χ2n) is 4.35. The molecule has 0 heterocycles. The van der Waals surface area contributed by atoms with Crippen molar-refractivity contribution in [3.8, 4) is 5.75 Å². The second kappa shape index (κ2) is 7.31. The van der Waals surface area contributed by atoms with Gasteiger partial charge in [-0.1, -0.05) is 18.2 Å². The molecule has 0 amide bonds. The first-order chi connectivity index (χ1) is 9.74. The molecule has 1 N–H and O–H groups in total. The number of thioether (sulfide) groups is 1. The third kappa shape index (κ3) is 3.74. The molecular formula is C16H18FNOS. The quantitative estimate of drug-likeness (QED) is 0.816. The molecule has 2 aromatic rings. The van der Waals surface area contributed by atoms with Crippen LogP contribution in [0.1, 0.15) is 11.6 Å². The molecule has 0 aliphatic rings. The van der Waals surface area contributed by atoms with Crippen molar-refractivity contribution >= 4 is 11.8 Å². The van der Waals surface area contributed by atoms with Crippen LogP contribution in [0.4, 0.5) is 4.39 Å². The standard InChI is InChI=1S/C16H18FNOS/c1-18-15(11-20-13-6-4-3-5-7-13)14-10-12(17)8-9-16(14)19-2/h3-10,15,18H,11H2,1-2H3.